The molecular formula is C21H30N4O6. The van der Waals surface area contributed by atoms with Crippen molar-refractivity contribution in [3.05, 3.63) is 18.6 Å². The van der Waals surface area contributed by atoms with Crippen LogP contribution in [0.5, 0.6) is 0 Å². The number of ether oxygens (including phenoxy) is 3. The van der Waals surface area contributed by atoms with Gasteiger partial charge in [0.1, 0.15) is 28.6 Å². The van der Waals surface area contributed by atoms with Gasteiger partial charge in [0.05, 0.1) is 5.52 Å². The maximum absolute atomic E-state index is 12.9. The quantitative estimate of drug-likeness (QED) is 0.583. The van der Waals surface area contributed by atoms with E-state index in [9.17, 15) is 14.4 Å². The summed E-state index contributed by atoms with van der Waals surface area (Å²) in [5.74, 6) is -0.122. The maximum Gasteiger partial charge on any atom is 0.425 e. The van der Waals surface area contributed by atoms with E-state index >= 15 is 0 Å². The molecular weight excluding hydrogens is 404 g/mol. The summed E-state index contributed by atoms with van der Waals surface area (Å²) in [5, 5.41) is 0. The number of fused-ring (bicyclic) bond motifs is 1. The van der Waals surface area contributed by atoms with E-state index < -0.39 is 35.1 Å². The van der Waals surface area contributed by atoms with E-state index in [4.69, 9.17) is 14.2 Å². The molecule has 31 heavy (non-hydrogen) atoms. The Labute approximate surface area is 181 Å². The predicted octanol–water partition coefficient (Wildman–Crippen LogP) is 4.89. The number of nitrogens with zero attached hydrogens (tertiary/aromatic N) is 4. The highest BCUT2D eigenvalue weighted by Crippen LogP contribution is 2.27. The highest BCUT2D eigenvalue weighted by atomic mass is 16.6. The molecule has 0 fully saturated rings. The molecule has 10 nitrogen and oxygen atoms in total. The lowest BCUT2D eigenvalue weighted by Crippen LogP contribution is -2.44. The molecule has 0 radical (unpaired) electrons. The Morgan fingerprint density at radius 2 is 1.29 bits per heavy atom. The van der Waals surface area contributed by atoms with Crippen molar-refractivity contribution in [2.75, 3.05) is 4.90 Å². The lowest BCUT2D eigenvalue weighted by Gasteiger charge is -2.28. The number of pyridine rings is 1. The SMILES string of the molecule is CC(C)(C)OC(=O)N(C(=O)OC(C)(C)C)c1nccc2c1ncn2C(=O)OC(C)(C)C. The second-order valence-corrected chi connectivity index (χ2v) is 9.89. The number of carbonyl (C=O) groups excluding carboxylic acids is 3. The second kappa shape index (κ2) is 8.16. The first-order valence-corrected chi connectivity index (χ1v) is 9.80. The summed E-state index contributed by atoms with van der Waals surface area (Å²) in [6.45, 7) is 15.2. The summed E-state index contributed by atoms with van der Waals surface area (Å²) in [4.78, 5) is 47.3. The van der Waals surface area contributed by atoms with Crippen molar-refractivity contribution >= 4 is 35.1 Å². The number of imidazole rings is 1. The normalized spacial score (nSPS) is 12.4. The van der Waals surface area contributed by atoms with Crippen LogP contribution in [0.15, 0.2) is 18.6 Å². The van der Waals surface area contributed by atoms with E-state index in [2.05, 4.69) is 9.97 Å². The Morgan fingerprint density at radius 1 is 0.806 bits per heavy atom. The minimum Gasteiger partial charge on any atom is -0.443 e. The van der Waals surface area contributed by atoms with Crippen molar-refractivity contribution < 1.29 is 28.6 Å². The van der Waals surface area contributed by atoms with Gasteiger partial charge in [-0.2, -0.15) is 4.90 Å². The molecule has 2 aromatic rings. The van der Waals surface area contributed by atoms with Crippen LogP contribution in [-0.4, -0.2) is 49.6 Å². The Balaban J connectivity index is 2.58. The number of carbonyl (C=O) groups is 3. The fourth-order valence-electron chi connectivity index (χ4n) is 2.41. The molecule has 0 spiro atoms. The van der Waals surface area contributed by atoms with Crippen LogP contribution in [0.25, 0.3) is 11.0 Å². The van der Waals surface area contributed by atoms with Crippen LogP contribution < -0.4 is 4.90 Å². The Bertz CT molecular complexity index is 964. The number of amides is 2. The van der Waals surface area contributed by atoms with E-state index in [0.717, 1.165) is 0 Å². The molecule has 2 amide bonds. The van der Waals surface area contributed by atoms with E-state index in [1.165, 1.54) is 23.2 Å². The molecule has 0 atom stereocenters. The van der Waals surface area contributed by atoms with Gasteiger partial charge in [0.25, 0.3) is 0 Å². The highest BCUT2D eigenvalue weighted by molar-refractivity contribution is 6.13. The van der Waals surface area contributed by atoms with Crippen LogP contribution >= 0.6 is 0 Å². The van der Waals surface area contributed by atoms with Crippen LogP contribution in [0.2, 0.25) is 0 Å². The third-order valence-corrected chi connectivity index (χ3v) is 3.40. The molecule has 2 rings (SSSR count). The third-order valence-electron chi connectivity index (χ3n) is 3.40. The molecule has 10 heteroatoms. The van der Waals surface area contributed by atoms with Crippen LogP contribution in [-0.2, 0) is 14.2 Å². The predicted molar refractivity (Wildman–Crippen MR) is 114 cm³/mol. The van der Waals surface area contributed by atoms with E-state index in [-0.39, 0.29) is 11.3 Å². The molecule has 0 bridgehead atoms. The molecule has 0 aliphatic rings. The van der Waals surface area contributed by atoms with Crippen molar-refractivity contribution in [2.24, 2.45) is 0 Å². The number of hydrogen-bond donors (Lipinski definition) is 0. The molecule has 0 saturated heterocycles. The van der Waals surface area contributed by atoms with Crippen molar-refractivity contribution in [2.45, 2.75) is 79.1 Å². The van der Waals surface area contributed by atoms with Gasteiger partial charge >= 0.3 is 18.3 Å². The number of rotatable bonds is 1. The van der Waals surface area contributed by atoms with Gasteiger partial charge < -0.3 is 14.2 Å². The van der Waals surface area contributed by atoms with Crippen LogP contribution in [0.3, 0.4) is 0 Å². The van der Waals surface area contributed by atoms with Gasteiger partial charge in [-0.1, -0.05) is 0 Å². The van der Waals surface area contributed by atoms with Gasteiger partial charge in [0.2, 0.25) is 0 Å². The smallest absolute Gasteiger partial charge is 0.425 e. The monoisotopic (exact) mass is 434 g/mol. The fourth-order valence-corrected chi connectivity index (χ4v) is 2.41. The summed E-state index contributed by atoms with van der Waals surface area (Å²) in [6.07, 6.45) is -0.0239. The summed E-state index contributed by atoms with van der Waals surface area (Å²) in [5.41, 5.74) is -2.04. The molecule has 0 aliphatic heterocycles. The van der Waals surface area contributed by atoms with E-state index in [1.54, 1.807) is 62.3 Å². The third kappa shape index (κ3) is 6.40. The lowest BCUT2D eigenvalue weighted by molar-refractivity contribution is 0.0427. The minimum absolute atomic E-state index is 0.122. The fraction of sp³-hybridized carbons (Fsp3) is 0.571. The Hall–Kier alpha value is -3.17. The van der Waals surface area contributed by atoms with Gasteiger partial charge in [-0.05, 0) is 68.4 Å². The minimum atomic E-state index is -0.978. The van der Waals surface area contributed by atoms with Gasteiger partial charge in [0, 0.05) is 6.20 Å². The summed E-state index contributed by atoms with van der Waals surface area (Å²) in [7, 11) is 0. The highest BCUT2D eigenvalue weighted by Gasteiger charge is 2.35. The first-order valence-electron chi connectivity index (χ1n) is 9.80. The zero-order valence-electron chi connectivity index (χ0n) is 19.5. The van der Waals surface area contributed by atoms with Gasteiger partial charge in [0.15, 0.2) is 5.82 Å². The molecule has 0 N–H and O–H groups in total. The van der Waals surface area contributed by atoms with Gasteiger partial charge in [-0.3, -0.25) is 0 Å². The van der Waals surface area contributed by atoms with Crippen molar-refractivity contribution in [3.63, 3.8) is 0 Å². The largest absolute Gasteiger partial charge is 0.443 e. The molecule has 0 aliphatic carbocycles. The summed E-state index contributed by atoms with van der Waals surface area (Å²) < 4.78 is 17.3. The molecule has 170 valence electrons. The molecule has 0 aromatic carbocycles. The first kappa shape index (κ1) is 24.1. The average Bonchev–Trinajstić information content (AvgIpc) is 2.94. The topological polar surface area (TPSA) is 113 Å². The maximum atomic E-state index is 12.9. The number of imide groups is 1. The zero-order chi connectivity index (χ0) is 23.8. The standard InChI is InChI=1S/C21H30N4O6/c1-19(2,3)29-16(26)24-12-23-14-13(24)10-11-22-15(14)25(17(27)30-20(4,5)6)18(28)31-21(7,8)9/h10-12H,1-9H3. The Morgan fingerprint density at radius 3 is 1.74 bits per heavy atom. The average molecular weight is 434 g/mol. The molecule has 2 aromatic heterocycles. The summed E-state index contributed by atoms with van der Waals surface area (Å²) >= 11 is 0. The molecule has 0 unspecified atom stereocenters. The van der Waals surface area contributed by atoms with E-state index in [1.807, 2.05) is 0 Å². The van der Waals surface area contributed by atoms with Crippen molar-refractivity contribution in [3.8, 4) is 0 Å². The van der Waals surface area contributed by atoms with Crippen molar-refractivity contribution in [1.29, 1.82) is 0 Å². The first-order chi connectivity index (χ1) is 14.0. The number of hydrogen-bond acceptors (Lipinski definition) is 8. The lowest BCUT2D eigenvalue weighted by atomic mass is 10.2. The summed E-state index contributed by atoms with van der Waals surface area (Å²) in [6, 6.07) is 1.53. The van der Waals surface area contributed by atoms with Crippen LogP contribution in [0, 0.1) is 0 Å². The van der Waals surface area contributed by atoms with Crippen LogP contribution in [0.1, 0.15) is 62.3 Å². The van der Waals surface area contributed by atoms with Crippen LogP contribution in [0.4, 0.5) is 20.2 Å². The second-order valence-electron chi connectivity index (χ2n) is 9.89. The van der Waals surface area contributed by atoms with E-state index in [0.29, 0.717) is 10.4 Å². The van der Waals surface area contributed by atoms with Gasteiger partial charge in [-0.15, -0.1) is 0 Å². The number of aromatic nitrogens is 3. The van der Waals surface area contributed by atoms with Crippen molar-refractivity contribution in [1.82, 2.24) is 14.5 Å². The molecule has 2 heterocycles. The molecule has 0 saturated carbocycles. The number of anilines is 1. The Kier molecular flexibility index (Phi) is 6.35. The van der Waals surface area contributed by atoms with Gasteiger partial charge in [-0.25, -0.2) is 28.9 Å². The zero-order valence-corrected chi connectivity index (χ0v) is 19.5.